The van der Waals surface area contributed by atoms with Gasteiger partial charge in [-0.2, -0.15) is 0 Å². The Morgan fingerprint density at radius 3 is 3.17 bits per heavy atom. The zero-order valence-electron chi connectivity index (χ0n) is 12.0. The zero-order valence-corrected chi connectivity index (χ0v) is 14.3. The summed E-state index contributed by atoms with van der Waals surface area (Å²) in [6, 6.07) is 1.52. The molecule has 23 heavy (non-hydrogen) atoms. The third-order valence-electron chi connectivity index (χ3n) is 3.54. The van der Waals surface area contributed by atoms with Crippen molar-refractivity contribution in [3.8, 4) is 5.75 Å². The highest BCUT2D eigenvalue weighted by Crippen LogP contribution is 2.30. The van der Waals surface area contributed by atoms with E-state index >= 15 is 0 Å². The van der Waals surface area contributed by atoms with Crippen LogP contribution >= 0.6 is 27.5 Å². The Kier molecular flexibility index (Phi) is 5.15. The molecule has 1 aromatic heterocycles. The standard InChI is InChI=1S/C14H14BrClFN3O3/c15-8-5-9(23-6-7-1-3-22-4-2-18-7)10-12(11(8)17)19-14(16)20-13(10)21/h5,7,18H,1-4,6H2,(H,19,20,21). The van der Waals surface area contributed by atoms with Crippen molar-refractivity contribution in [1.82, 2.24) is 15.3 Å². The van der Waals surface area contributed by atoms with Crippen molar-refractivity contribution in [2.75, 3.05) is 26.4 Å². The lowest BCUT2D eigenvalue weighted by atomic mass is 10.2. The highest BCUT2D eigenvalue weighted by atomic mass is 79.9. The molecule has 1 unspecified atom stereocenters. The number of benzene rings is 1. The van der Waals surface area contributed by atoms with Crippen LogP contribution < -0.4 is 15.6 Å². The Hall–Kier alpha value is -1.22. The molecule has 0 amide bonds. The summed E-state index contributed by atoms with van der Waals surface area (Å²) in [6.45, 7) is 2.37. The van der Waals surface area contributed by atoms with Crippen LogP contribution in [0.4, 0.5) is 4.39 Å². The van der Waals surface area contributed by atoms with Gasteiger partial charge in [0.15, 0.2) is 5.82 Å². The molecule has 0 bridgehead atoms. The quantitative estimate of drug-likeness (QED) is 0.765. The van der Waals surface area contributed by atoms with Gasteiger partial charge in [-0.05, 0) is 40.0 Å². The average molecular weight is 407 g/mol. The molecule has 0 spiro atoms. The number of nitrogens with zero attached hydrogens (tertiary/aromatic N) is 1. The maximum Gasteiger partial charge on any atom is 0.263 e. The molecule has 0 radical (unpaired) electrons. The van der Waals surface area contributed by atoms with Crippen LogP contribution in [0.15, 0.2) is 15.3 Å². The van der Waals surface area contributed by atoms with Crippen LogP contribution in [0.2, 0.25) is 5.28 Å². The molecule has 0 saturated carbocycles. The molecule has 2 N–H and O–H groups in total. The van der Waals surface area contributed by atoms with Crippen LogP contribution in [0.3, 0.4) is 0 Å². The van der Waals surface area contributed by atoms with Gasteiger partial charge in [-0.3, -0.25) is 9.78 Å². The number of hydrogen-bond acceptors (Lipinski definition) is 5. The predicted octanol–water partition coefficient (Wildman–Crippen LogP) is 2.24. The third kappa shape index (κ3) is 3.65. The fourth-order valence-corrected chi connectivity index (χ4v) is 2.97. The molecule has 2 heterocycles. The minimum Gasteiger partial charge on any atom is -0.491 e. The largest absolute Gasteiger partial charge is 0.491 e. The summed E-state index contributed by atoms with van der Waals surface area (Å²) in [5.74, 6) is -0.396. The van der Waals surface area contributed by atoms with E-state index in [1.54, 1.807) is 0 Å². The van der Waals surface area contributed by atoms with Gasteiger partial charge in [-0.25, -0.2) is 9.37 Å². The van der Waals surface area contributed by atoms with E-state index in [9.17, 15) is 9.18 Å². The van der Waals surface area contributed by atoms with Crippen LogP contribution in [-0.4, -0.2) is 42.4 Å². The molecule has 9 heteroatoms. The minimum absolute atomic E-state index is 0.0416. The van der Waals surface area contributed by atoms with Crippen molar-refractivity contribution in [1.29, 1.82) is 0 Å². The molecule has 3 rings (SSSR count). The fraction of sp³-hybridized carbons (Fsp3) is 0.429. The van der Waals surface area contributed by atoms with E-state index < -0.39 is 11.4 Å². The maximum atomic E-state index is 14.2. The second kappa shape index (κ2) is 7.12. The second-order valence-electron chi connectivity index (χ2n) is 5.11. The van der Waals surface area contributed by atoms with E-state index in [1.807, 2.05) is 0 Å². The first kappa shape index (κ1) is 16.6. The first-order valence-electron chi connectivity index (χ1n) is 7.07. The smallest absolute Gasteiger partial charge is 0.263 e. The van der Waals surface area contributed by atoms with Gasteiger partial charge in [-0.1, -0.05) is 0 Å². The Morgan fingerprint density at radius 2 is 2.35 bits per heavy atom. The van der Waals surface area contributed by atoms with Crippen molar-refractivity contribution in [2.45, 2.75) is 12.5 Å². The van der Waals surface area contributed by atoms with Crippen LogP contribution in [0.5, 0.6) is 5.75 Å². The van der Waals surface area contributed by atoms with Crippen molar-refractivity contribution < 1.29 is 13.9 Å². The van der Waals surface area contributed by atoms with Gasteiger partial charge in [-0.15, -0.1) is 0 Å². The number of halogens is 3. The average Bonchev–Trinajstić information content (AvgIpc) is 2.78. The number of fused-ring (bicyclic) bond motifs is 1. The van der Waals surface area contributed by atoms with E-state index in [0.29, 0.717) is 19.8 Å². The van der Waals surface area contributed by atoms with Gasteiger partial charge < -0.3 is 14.8 Å². The van der Waals surface area contributed by atoms with Crippen LogP contribution in [-0.2, 0) is 4.74 Å². The number of rotatable bonds is 3. The van der Waals surface area contributed by atoms with E-state index in [1.165, 1.54) is 6.07 Å². The summed E-state index contributed by atoms with van der Waals surface area (Å²) in [4.78, 5) is 18.3. The molecule has 2 aromatic rings. The number of ether oxygens (including phenoxy) is 2. The van der Waals surface area contributed by atoms with Crippen LogP contribution in [0, 0.1) is 5.82 Å². The summed E-state index contributed by atoms with van der Waals surface area (Å²) >= 11 is 8.81. The summed E-state index contributed by atoms with van der Waals surface area (Å²) in [5, 5.41) is 3.16. The highest BCUT2D eigenvalue weighted by molar-refractivity contribution is 9.10. The molecule has 1 atom stereocenters. The second-order valence-corrected chi connectivity index (χ2v) is 6.33. The topological polar surface area (TPSA) is 76.2 Å². The molecule has 124 valence electrons. The lowest BCUT2D eigenvalue weighted by Gasteiger charge is -2.17. The summed E-state index contributed by atoms with van der Waals surface area (Å²) < 4.78 is 25.5. The normalized spacial score (nSPS) is 18.8. The Morgan fingerprint density at radius 1 is 1.52 bits per heavy atom. The van der Waals surface area contributed by atoms with Gasteiger partial charge in [0.2, 0.25) is 5.28 Å². The van der Waals surface area contributed by atoms with Crippen LogP contribution in [0.25, 0.3) is 10.9 Å². The van der Waals surface area contributed by atoms with E-state index in [-0.39, 0.29) is 32.5 Å². The molecule has 6 nitrogen and oxygen atoms in total. The molecule has 1 aromatic carbocycles. The molecule has 1 saturated heterocycles. The van der Waals surface area contributed by atoms with Crippen molar-refractivity contribution in [2.24, 2.45) is 0 Å². The Balaban J connectivity index is 1.94. The Labute approximate surface area is 144 Å². The zero-order chi connectivity index (χ0) is 16.4. The molecular weight excluding hydrogens is 393 g/mol. The SMILES string of the molecule is O=c1[nH]c(Cl)nc2c(F)c(Br)cc(OCC3CCOCCN3)c12. The summed E-state index contributed by atoms with van der Waals surface area (Å²) in [6.07, 6.45) is 0.792. The van der Waals surface area contributed by atoms with Gasteiger partial charge in [0.1, 0.15) is 23.3 Å². The van der Waals surface area contributed by atoms with Gasteiger partial charge in [0.25, 0.3) is 5.56 Å². The van der Waals surface area contributed by atoms with Gasteiger partial charge in [0, 0.05) is 19.2 Å². The molecule has 0 aliphatic carbocycles. The Bertz CT molecular complexity index is 778. The van der Waals surface area contributed by atoms with Gasteiger partial charge in [0.05, 0.1) is 11.1 Å². The highest BCUT2D eigenvalue weighted by Gasteiger charge is 2.19. The van der Waals surface area contributed by atoms with E-state index in [0.717, 1.165) is 13.0 Å². The summed E-state index contributed by atoms with van der Waals surface area (Å²) in [7, 11) is 0. The lowest BCUT2D eigenvalue weighted by molar-refractivity contribution is 0.147. The maximum absolute atomic E-state index is 14.2. The molecule has 1 fully saturated rings. The third-order valence-corrected chi connectivity index (χ3v) is 4.30. The van der Waals surface area contributed by atoms with Crippen LogP contribution in [0.1, 0.15) is 6.42 Å². The molecule has 1 aliphatic heterocycles. The van der Waals surface area contributed by atoms with E-state index in [4.69, 9.17) is 21.1 Å². The first-order chi connectivity index (χ1) is 11.1. The number of H-pyrrole nitrogens is 1. The first-order valence-corrected chi connectivity index (χ1v) is 8.25. The van der Waals surface area contributed by atoms with E-state index in [2.05, 4.69) is 31.2 Å². The molecule has 1 aliphatic rings. The number of hydrogen-bond donors (Lipinski definition) is 2. The van der Waals surface area contributed by atoms with Crippen molar-refractivity contribution in [3.63, 3.8) is 0 Å². The minimum atomic E-state index is -0.652. The summed E-state index contributed by atoms with van der Waals surface area (Å²) in [5.41, 5.74) is -0.668. The number of nitrogens with one attached hydrogen (secondary N) is 2. The van der Waals surface area contributed by atoms with Crippen molar-refractivity contribution >= 4 is 38.4 Å². The monoisotopic (exact) mass is 405 g/mol. The molecular formula is C14H14BrClFN3O3. The number of aromatic nitrogens is 2. The predicted molar refractivity (Wildman–Crippen MR) is 87.8 cm³/mol. The fourth-order valence-electron chi connectivity index (χ4n) is 2.41. The number of aromatic amines is 1. The van der Waals surface area contributed by atoms with Gasteiger partial charge >= 0.3 is 0 Å². The van der Waals surface area contributed by atoms with Crippen molar-refractivity contribution in [3.05, 3.63) is 32.0 Å². The lowest BCUT2D eigenvalue weighted by Crippen LogP contribution is -2.35.